The molecule has 1 heterocycles. The average molecular weight is 366 g/mol. The summed E-state index contributed by atoms with van der Waals surface area (Å²) in [6.07, 6.45) is 0.539. The van der Waals surface area contributed by atoms with E-state index in [1.54, 1.807) is 0 Å². The largest absolute Gasteiger partial charge is 0.384 e. The van der Waals surface area contributed by atoms with Gasteiger partial charge in [0, 0.05) is 50.5 Å². The van der Waals surface area contributed by atoms with Gasteiger partial charge in [0.2, 0.25) is 5.91 Å². The van der Waals surface area contributed by atoms with Crippen molar-refractivity contribution in [3.05, 3.63) is 59.7 Å². The number of benzene rings is 2. The smallest absolute Gasteiger partial charge is 0.224 e. The number of piperazine rings is 1. The maximum Gasteiger partial charge on any atom is 0.224 e. The molecule has 4 heteroatoms. The Bertz CT molecular complexity index is 764. The van der Waals surface area contributed by atoms with Crippen molar-refractivity contribution in [1.29, 1.82) is 0 Å². The third kappa shape index (κ3) is 5.03. The highest BCUT2D eigenvalue weighted by Crippen LogP contribution is 2.23. The molecule has 3 rings (SSSR count). The summed E-state index contributed by atoms with van der Waals surface area (Å²) in [7, 11) is 0. The molecule has 0 aromatic heterocycles. The van der Waals surface area contributed by atoms with Crippen LogP contribution >= 0.6 is 0 Å². The van der Waals surface area contributed by atoms with Crippen LogP contribution in [0.5, 0.6) is 0 Å². The Kier molecular flexibility index (Phi) is 6.38. The quantitative estimate of drug-likeness (QED) is 0.830. The Balaban J connectivity index is 1.46. The van der Waals surface area contributed by atoms with Crippen molar-refractivity contribution < 1.29 is 4.79 Å². The van der Waals surface area contributed by atoms with Crippen LogP contribution < -0.4 is 10.2 Å². The summed E-state index contributed by atoms with van der Waals surface area (Å²) in [6.45, 7) is 10.6. The van der Waals surface area contributed by atoms with Gasteiger partial charge in [-0.05, 0) is 42.2 Å². The highest BCUT2D eigenvalue weighted by Gasteiger charge is 2.21. The van der Waals surface area contributed by atoms with E-state index >= 15 is 0 Å². The molecule has 2 aromatic rings. The van der Waals surface area contributed by atoms with E-state index in [-0.39, 0.29) is 5.91 Å². The number of para-hydroxylation sites is 1. The van der Waals surface area contributed by atoms with E-state index in [4.69, 9.17) is 0 Å². The first kappa shape index (κ1) is 19.3. The summed E-state index contributed by atoms with van der Waals surface area (Å²) in [6, 6.07) is 16.9. The van der Waals surface area contributed by atoms with E-state index in [0.717, 1.165) is 31.9 Å². The van der Waals surface area contributed by atoms with Crippen molar-refractivity contribution in [2.45, 2.75) is 33.1 Å². The first-order chi connectivity index (χ1) is 13.0. The molecule has 0 bridgehead atoms. The van der Waals surface area contributed by atoms with Gasteiger partial charge in [-0.2, -0.15) is 0 Å². The third-order valence-corrected chi connectivity index (χ3v) is 5.24. The Labute approximate surface area is 163 Å². The fourth-order valence-electron chi connectivity index (χ4n) is 3.66. The number of carbonyl (C=O) groups excluding carboxylic acids is 1. The van der Waals surface area contributed by atoms with Crippen LogP contribution in [0.15, 0.2) is 48.5 Å². The van der Waals surface area contributed by atoms with Gasteiger partial charge in [0.05, 0.1) is 0 Å². The Morgan fingerprint density at radius 3 is 2.48 bits per heavy atom. The predicted molar refractivity (Wildman–Crippen MR) is 114 cm³/mol. The number of anilines is 2. The number of aryl methyl sites for hydroxylation is 1. The van der Waals surface area contributed by atoms with Crippen LogP contribution in [0.25, 0.3) is 0 Å². The minimum atomic E-state index is 0.244. The van der Waals surface area contributed by atoms with Gasteiger partial charge in [-0.3, -0.25) is 4.79 Å². The zero-order chi connectivity index (χ0) is 19.2. The summed E-state index contributed by atoms with van der Waals surface area (Å²) in [5.41, 5.74) is 4.98. The molecular weight excluding hydrogens is 334 g/mol. The molecule has 1 aliphatic heterocycles. The van der Waals surface area contributed by atoms with E-state index in [0.29, 0.717) is 18.9 Å². The monoisotopic (exact) mass is 365 g/mol. The number of hydrogen-bond donors (Lipinski definition) is 1. The van der Waals surface area contributed by atoms with Gasteiger partial charge < -0.3 is 15.1 Å². The van der Waals surface area contributed by atoms with Gasteiger partial charge in [-0.25, -0.2) is 0 Å². The lowest BCUT2D eigenvalue weighted by molar-refractivity contribution is -0.131. The van der Waals surface area contributed by atoms with Crippen molar-refractivity contribution in [2.24, 2.45) is 0 Å². The van der Waals surface area contributed by atoms with Crippen LogP contribution in [-0.4, -0.2) is 43.5 Å². The molecule has 27 heavy (non-hydrogen) atoms. The van der Waals surface area contributed by atoms with Crippen molar-refractivity contribution >= 4 is 17.3 Å². The van der Waals surface area contributed by atoms with Gasteiger partial charge in [-0.1, -0.05) is 44.2 Å². The number of amides is 1. The van der Waals surface area contributed by atoms with Crippen molar-refractivity contribution in [2.75, 3.05) is 42.9 Å². The molecule has 4 nitrogen and oxygen atoms in total. The Hall–Kier alpha value is -2.49. The zero-order valence-corrected chi connectivity index (χ0v) is 16.7. The summed E-state index contributed by atoms with van der Waals surface area (Å²) in [5, 5.41) is 3.45. The number of nitrogens with zero attached hydrogens (tertiary/aromatic N) is 2. The molecule has 1 saturated heterocycles. The van der Waals surface area contributed by atoms with E-state index in [1.165, 1.54) is 16.8 Å². The van der Waals surface area contributed by atoms with Crippen LogP contribution in [0.4, 0.5) is 11.4 Å². The highest BCUT2D eigenvalue weighted by atomic mass is 16.2. The first-order valence-corrected chi connectivity index (χ1v) is 9.97. The van der Waals surface area contributed by atoms with Gasteiger partial charge in [0.25, 0.3) is 0 Å². The molecule has 2 aromatic carbocycles. The summed E-state index contributed by atoms with van der Waals surface area (Å²) in [4.78, 5) is 16.9. The predicted octanol–water partition coefficient (Wildman–Crippen LogP) is 4.27. The highest BCUT2D eigenvalue weighted by molar-refractivity contribution is 5.77. The maximum absolute atomic E-state index is 12.6. The molecule has 144 valence electrons. The van der Waals surface area contributed by atoms with E-state index < -0.39 is 0 Å². The maximum atomic E-state index is 12.6. The summed E-state index contributed by atoms with van der Waals surface area (Å²) < 4.78 is 0. The Morgan fingerprint density at radius 1 is 1.04 bits per heavy atom. The molecule has 1 N–H and O–H groups in total. The molecular formula is C23H31N3O. The molecule has 0 radical (unpaired) electrons. The van der Waals surface area contributed by atoms with Crippen molar-refractivity contribution in [3.63, 3.8) is 0 Å². The molecule has 0 saturated carbocycles. The fraction of sp³-hybridized carbons (Fsp3) is 0.435. The first-order valence-electron chi connectivity index (χ1n) is 9.97. The van der Waals surface area contributed by atoms with Crippen LogP contribution in [0.1, 0.15) is 37.3 Å². The lowest BCUT2D eigenvalue weighted by atomic mass is 10.0. The summed E-state index contributed by atoms with van der Waals surface area (Å²) in [5.74, 6) is 0.715. The molecule has 0 atom stereocenters. The molecule has 1 amide bonds. The topological polar surface area (TPSA) is 35.6 Å². The van der Waals surface area contributed by atoms with Crippen molar-refractivity contribution in [1.82, 2.24) is 4.90 Å². The normalized spacial score (nSPS) is 14.5. The lowest BCUT2D eigenvalue weighted by Gasteiger charge is -2.36. The lowest BCUT2D eigenvalue weighted by Crippen LogP contribution is -2.49. The van der Waals surface area contributed by atoms with E-state index in [9.17, 15) is 4.79 Å². The number of carbonyl (C=O) groups is 1. The second-order valence-corrected chi connectivity index (χ2v) is 7.63. The standard InChI is InChI=1S/C23H31N3O/c1-18(2)21-9-4-5-10-22(21)24-12-11-23(27)26-15-13-25(14-16-26)20-8-6-7-19(3)17-20/h4-10,17-18,24H,11-16H2,1-3H3. The fourth-order valence-corrected chi connectivity index (χ4v) is 3.66. The molecule has 0 unspecified atom stereocenters. The minimum absolute atomic E-state index is 0.244. The van der Waals surface area contributed by atoms with Gasteiger partial charge in [0.1, 0.15) is 0 Å². The van der Waals surface area contributed by atoms with Gasteiger partial charge >= 0.3 is 0 Å². The van der Waals surface area contributed by atoms with Crippen molar-refractivity contribution in [3.8, 4) is 0 Å². The van der Waals surface area contributed by atoms with Gasteiger partial charge in [0.15, 0.2) is 0 Å². The molecule has 0 spiro atoms. The van der Waals surface area contributed by atoms with Crippen LogP contribution in [0.2, 0.25) is 0 Å². The van der Waals surface area contributed by atoms with Crippen LogP contribution in [0.3, 0.4) is 0 Å². The van der Waals surface area contributed by atoms with Crippen LogP contribution in [-0.2, 0) is 4.79 Å². The molecule has 0 aliphatic carbocycles. The molecule has 1 fully saturated rings. The summed E-state index contributed by atoms with van der Waals surface area (Å²) >= 11 is 0. The number of hydrogen-bond acceptors (Lipinski definition) is 3. The minimum Gasteiger partial charge on any atom is -0.384 e. The zero-order valence-electron chi connectivity index (χ0n) is 16.7. The number of rotatable bonds is 6. The third-order valence-electron chi connectivity index (χ3n) is 5.24. The van der Waals surface area contributed by atoms with Crippen LogP contribution in [0, 0.1) is 6.92 Å². The SMILES string of the molecule is Cc1cccc(N2CCN(C(=O)CCNc3ccccc3C(C)C)CC2)c1. The molecule has 1 aliphatic rings. The van der Waals surface area contributed by atoms with E-state index in [1.807, 2.05) is 11.0 Å². The number of nitrogens with one attached hydrogen (secondary N) is 1. The van der Waals surface area contributed by atoms with Gasteiger partial charge in [-0.15, -0.1) is 0 Å². The van der Waals surface area contributed by atoms with E-state index in [2.05, 4.69) is 73.5 Å². The average Bonchev–Trinajstić information content (AvgIpc) is 2.68. The Morgan fingerprint density at radius 2 is 1.78 bits per heavy atom. The second kappa shape index (κ2) is 8.94. The second-order valence-electron chi connectivity index (χ2n) is 7.63.